The van der Waals surface area contributed by atoms with Gasteiger partial charge in [0.2, 0.25) is 5.82 Å². The molecule has 2 rings (SSSR count). The fourth-order valence-corrected chi connectivity index (χ4v) is 1.03. The van der Waals surface area contributed by atoms with Gasteiger partial charge in [-0.15, -0.1) is 0 Å². The van der Waals surface area contributed by atoms with E-state index in [9.17, 15) is 5.21 Å². The van der Waals surface area contributed by atoms with Gasteiger partial charge in [0.25, 0.3) is 5.69 Å². The van der Waals surface area contributed by atoms with Crippen LogP contribution in [0.5, 0.6) is 0 Å². The van der Waals surface area contributed by atoms with E-state index in [2.05, 4.69) is 9.97 Å². The lowest BCUT2D eigenvalue weighted by atomic mass is 10.3. The van der Waals surface area contributed by atoms with Crippen molar-refractivity contribution in [3.05, 3.63) is 48.1 Å². The molecular weight excluding hydrogens is 166 g/mol. The average Bonchev–Trinajstić information content (AvgIpc) is 2.20. The first-order valence-corrected chi connectivity index (χ1v) is 3.83. The molecule has 0 aliphatic heterocycles. The molecule has 0 aliphatic carbocycles. The summed E-state index contributed by atoms with van der Waals surface area (Å²) in [5, 5.41) is 11.3. The molecule has 0 aromatic carbocycles. The Kier molecular flexibility index (Phi) is 1.88. The number of pyridine rings is 1. The minimum atomic E-state index is 0.443. The van der Waals surface area contributed by atoms with Crippen molar-refractivity contribution in [2.24, 2.45) is 0 Å². The van der Waals surface area contributed by atoms with E-state index in [1.165, 1.54) is 6.20 Å². The first kappa shape index (κ1) is 7.67. The maximum Gasteiger partial charge on any atom is 0.261 e. The Hall–Kier alpha value is -1.97. The van der Waals surface area contributed by atoms with Gasteiger partial charge in [-0.2, -0.15) is 4.73 Å². The number of rotatable bonds is 1. The van der Waals surface area contributed by atoms with Gasteiger partial charge < -0.3 is 5.21 Å². The Bertz CT molecular complexity index is 403. The van der Waals surface area contributed by atoms with Crippen LogP contribution in [0, 0.1) is 5.21 Å². The zero-order chi connectivity index (χ0) is 9.10. The lowest BCUT2D eigenvalue weighted by Gasteiger charge is -2.00. The molecule has 13 heavy (non-hydrogen) atoms. The van der Waals surface area contributed by atoms with Gasteiger partial charge in [-0.05, 0) is 12.1 Å². The Morgan fingerprint density at radius 3 is 2.54 bits per heavy atom. The number of aromatic nitrogens is 3. The van der Waals surface area contributed by atoms with Gasteiger partial charge in [-0.3, -0.25) is 0 Å². The summed E-state index contributed by atoms with van der Waals surface area (Å²) >= 11 is 0. The molecule has 2 aromatic heterocycles. The van der Waals surface area contributed by atoms with Gasteiger partial charge in [0.05, 0.1) is 0 Å². The summed E-state index contributed by atoms with van der Waals surface area (Å²) in [5.41, 5.74) is 0.461. The van der Waals surface area contributed by atoms with E-state index in [4.69, 9.17) is 0 Å². The highest BCUT2D eigenvalue weighted by Crippen LogP contribution is 2.05. The molecule has 0 aliphatic rings. The minimum Gasteiger partial charge on any atom is -0.618 e. The third kappa shape index (κ3) is 1.46. The van der Waals surface area contributed by atoms with Crippen LogP contribution in [0.25, 0.3) is 11.5 Å². The summed E-state index contributed by atoms with van der Waals surface area (Å²) < 4.78 is 0.745. The molecule has 0 N–H and O–H groups in total. The van der Waals surface area contributed by atoms with Crippen LogP contribution >= 0.6 is 0 Å². The quantitative estimate of drug-likeness (QED) is 0.473. The summed E-state index contributed by atoms with van der Waals surface area (Å²) in [4.78, 5) is 7.96. The van der Waals surface area contributed by atoms with Gasteiger partial charge in [-0.1, -0.05) is 0 Å². The van der Waals surface area contributed by atoms with Crippen LogP contribution < -0.4 is 4.73 Å². The van der Waals surface area contributed by atoms with Crippen LogP contribution in [0.15, 0.2) is 42.9 Å². The zero-order valence-corrected chi connectivity index (χ0v) is 6.79. The highest BCUT2D eigenvalue weighted by molar-refractivity contribution is 5.43. The lowest BCUT2D eigenvalue weighted by Crippen LogP contribution is -2.28. The van der Waals surface area contributed by atoms with E-state index in [1.54, 1.807) is 36.7 Å². The maximum absolute atomic E-state index is 11.3. The van der Waals surface area contributed by atoms with Crippen molar-refractivity contribution in [1.29, 1.82) is 0 Å². The number of hydrogen-bond acceptors (Lipinski definition) is 3. The van der Waals surface area contributed by atoms with Crippen molar-refractivity contribution < 1.29 is 4.73 Å². The highest BCUT2D eigenvalue weighted by Gasteiger charge is 2.08. The van der Waals surface area contributed by atoms with E-state index in [0.29, 0.717) is 11.5 Å². The van der Waals surface area contributed by atoms with Crippen LogP contribution in [0.3, 0.4) is 0 Å². The summed E-state index contributed by atoms with van der Waals surface area (Å²) in [7, 11) is 0. The molecule has 4 heteroatoms. The van der Waals surface area contributed by atoms with Gasteiger partial charge in [0, 0.05) is 24.5 Å². The molecule has 4 nitrogen and oxygen atoms in total. The molecule has 0 saturated heterocycles. The molecule has 0 saturated carbocycles. The van der Waals surface area contributed by atoms with E-state index in [1.807, 2.05) is 0 Å². The van der Waals surface area contributed by atoms with Crippen molar-refractivity contribution in [3.63, 3.8) is 0 Å². The van der Waals surface area contributed by atoms with Crippen molar-refractivity contribution in [2.45, 2.75) is 0 Å². The molecule has 2 heterocycles. The van der Waals surface area contributed by atoms with Crippen molar-refractivity contribution in [2.75, 3.05) is 0 Å². The SMILES string of the molecule is [O-][n+]1ccccc1-c1ncccn1. The van der Waals surface area contributed by atoms with Crippen molar-refractivity contribution in [1.82, 2.24) is 9.97 Å². The second kappa shape index (κ2) is 3.18. The second-order valence-corrected chi connectivity index (χ2v) is 2.48. The van der Waals surface area contributed by atoms with Crippen LogP contribution in [0.2, 0.25) is 0 Å². The summed E-state index contributed by atoms with van der Waals surface area (Å²) in [6.07, 6.45) is 4.64. The van der Waals surface area contributed by atoms with E-state index >= 15 is 0 Å². The van der Waals surface area contributed by atoms with Gasteiger partial charge in [-0.25, -0.2) is 9.97 Å². The van der Waals surface area contributed by atoms with Gasteiger partial charge >= 0.3 is 0 Å². The summed E-state index contributed by atoms with van der Waals surface area (Å²) in [6, 6.07) is 6.84. The zero-order valence-electron chi connectivity index (χ0n) is 6.79. The molecule has 0 bridgehead atoms. The summed E-state index contributed by atoms with van der Waals surface area (Å²) in [5.74, 6) is 0.443. The predicted molar refractivity (Wildman–Crippen MR) is 46.4 cm³/mol. The van der Waals surface area contributed by atoms with Gasteiger partial charge in [0.1, 0.15) is 0 Å². The monoisotopic (exact) mass is 173 g/mol. The maximum atomic E-state index is 11.3. The van der Waals surface area contributed by atoms with Crippen LogP contribution in [0.4, 0.5) is 0 Å². The Morgan fingerprint density at radius 2 is 1.85 bits per heavy atom. The van der Waals surface area contributed by atoms with Crippen LogP contribution in [-0.2, 0) is 0 Å². The molecule has 0 unspecified atom stereocenters. The first-order valence-electron chi connectivity index (χ1n) is 3.83. The third-order valence-corrected chi connectivity index (χ3v) is 1.62. The van der Waals surface area contributed by atoms with Crippen LogP contribution in [0.1, 0.15) is 0 Å². The third-order valence-electron chi connectivity index (χ3n) is 1.62. The number of hydrogen-bond donors (Lipinski definition) is 0. The standard InChI is InChI=1S/C9H7N3O/c13-12-7-2-1-4-8(12)9-10-5-3-6-11-9/h1-7H. The summed E-state index contributed by atoms with van der Waals surface area (Å²) in [6.45, 7) is 0. The fraction of sp³-hybridized carbons (Fsp3) is 0. The molecular formula is C9H7N3O. The van der Waals surface area contributed by atoms with E-state index in [-0.39, 0.29) is 0 Å². The predicted octanol–water partition coefficient (Wildman–Crippen LogP) is 0.777. The molecule has 0 radical (unpaired) electrons. The second-order valence-electron chi connectivity index (χ2n) is 2.48. The van der Waals surface area contributed by atoms with Crippen molar-refractivity contribution in [3.8, 4) is 11.5 Å². The first-order chi connectivity index (χ1) is 6.38. The fourth-order valence-electron chi connectivity index (χ4n) is 1.03. The Morgan fingerprint density at radius 1 is 1.08 bits per heavy atom. The molecule has 0 spiro atoms. The highest BCUT2D eigenvalue weighted by atomic mass is 16.5. The normalized spacial score (nSPS) is 9.85. The molecule has 0 fully saturated rings. The van der Waals surface area contributed by atoms with E-state index in [0.717, 1.165) is 4.73 Å². The molecule has 64 valence electrons. The Labute approximate surface area is 75.1 Å². The van der Waals surface area contributed by atoms with Crippen LogP contribution in [-0.4, -0.2) is 9.97 Å². The average molecular weight is 173 g/mol. The minimum absolute atomic E-state index is 0.443. The lowest BCUT2D eigenvalue weighted by molar-refractivity contribution is -0.594. The Balaban J connectivity index is 2.54. The molecule has 0 amide bonds. The van der Waals surface area contributed by atoms with E-state index < -0.39 is 0 Å². The topological polar surface area (TPSA) is 52.7 Å². The van der Waals surface area contributed by atoms with Gasteiger partial charge in [0.15, 0.2) is 6.20 Å². The molecule has 2 aromatic rings. The number of nitrogens with zero attached hydrogens (tertiary/aromatic N) is 3. The smallest absolute Gasteiger partial charge is 0.261 e. The molecule has 0 atom stereocenters. The van der Waals surface area contributed by atoms with Crippen molar-refractivity contribution >= 4 is 0 Å². The largest absolute Gasteiger partial charge is 0.618 e.